The second-order valence-corrected chi connectivity index (χ2v) is 9.41. The summed E-state index contributed by atoms with van der Waals surface area (Å²) in [4.78, 5) is 29.4. The summed E-state index contributed by atoms with van der Waals surface area (Å²) >= 11 is 0. The van der Waals surface area contributed by atoms with E-state index in [2.05, 4.69) is 20.9 Å². The molecule has 0 unspecified atom stereocenters. The number of hydrogen-bond donors (Lipinski definition) is 2. The Labute approximate surface area is 159 Å². The second-order valence-electron chi connectivity index (χ2n) is 7.63. The Hall–Kier alpha value is -1.69. The van der Waals surface area contributed by atoms with E-state index in [0.29, 0.717) is 12.3 Å². The molecule has 2 heterocycles. The summed E-state index contributed by atoms with van der Waals surface area (Å²) < 4.78 is 17.1. The molecule has 1 saturated heterocycles. The molecule has 1 aliphatic rings. The van der Waals surface area contributed by atoms with Crippen molar-refractivity contribution in [2.45, 2.75) is 46.1 Å². The summed E-state index contributed by atoms with van der Waals surface area (Å²) in [5, 5.41) is 0.988. The van der Waals surface area contributed by atoms with Gasteiger partial charge in [-0.15, -0.1) is 0 Å². The summed E-state index contributed by atoms with van der Waals surface area (Å²) in [5.74, 6) is 2.04. The molecule has 0 radical (unpaired) electrons. The van der Waals surface area contributed by atoms with Crippen molar-refractivity contribution in [1.82, 2.24) is 9.97 Å². The standard InChI is InChI=1S/C19H28N3O4P/c1-13(2)26-17-11-14(3)10-16-18(17)20-12-21-19(16)22-7-4-15(5-8-22)6-9-27(23,24)25/h10-13,15H,4-9H2,1-3H3,(H2,23,24,25). The lowest BCUT2D eigenvalue weighted by atomic mass is 9.94. The average molecular weight is 393 g/mol. The van der Waals surface area contributed by atoms with Gasteiger partial charge in [-0.2, -0.15) is 0 Å². The molecule has 0 amide bonds. The Morgan fingerprint density at radius 2 is 1.96 bits per heavy atom. The molecule has 0 saturated carbocycles. The van der Waals surface area contributed by atoms with Gasteiger partial charge in [-0.3, -0.25) is 4.57 Å². The minimum absolute atomic E-state index is 0.0246. The number of aryl methyl sites for hydroxylation is 1. The minimum atomic E-state index is -3.91. The Morgan fingerprint density at radius 1 is 1.26 bits per heavy atom. The van der Waals surface area contributed by atoms with Crippen LogP contribution in [0.2, 0.25) is 0 Å². The van der Waals surface area contributed by atoms with Crippen molar-refractivity contribution in [2.24, 2.45) is 5.92 Å². The van der Waals surface area contributed by atoms with Crippen molar-refractivity contribution < 1.29 is 19.1 Å². The molecule has 7 nitrogen and oxygen atoms in total. The number of rotatable bonds is 6. The normalized spacial score (nSPS) is 16.3. The van der Waals surface area contributed by atoms with Gasteiger partial charge >= 0.3 is 7.60 Å². The number of piperidine rings is 1. The highest BCUT2D eigenvalue weighted by Crippen LogP contribution is 2.38. The van der Waals surface area contributed by atoms with Gasteiger partial charge in [-0.25, -0.2) is 9.97 Å². The van der Waals surface area contributed by atoms with Gasteiger partial charge in [0.15, 0.2) is 0 Å². The summed E-state index contributed by atoms with van der Waals surface area (Å²) in [5.41, 5.74) is 1.92. The number of ether oxygens (including phenoxy) is 1. The van der Waals surface area contributed by atoms with Crippen LogP contribution in [0.1, 0.15) is 38.7 Å². The topological polar surface area (TPSA) is 95.8 Å². The van der Waals surface area contributed by atoms with Crippen molar-refractivity contribution >= 4 is 24.3 Å². The van der Waals surface area contributed by atoms with E-state index in [1.54, 1.807) is 6.33 Å². The zero-order valence-corrected chi connectivity index (χ0v) is 17.0. The van der Waals surface area contributed by atoms with E-state index < -0.39 is 7.60 Å². The number of benzene rings is 1. The molecule has 1 aromatic heterocycles. The first-order chi connectivity index (χ1) is 12.7. The molecule has 27 heavy (non-hydrogen) atoms. The fourth-order valence-electron chi connectivity index (χ4n) is 3.64. The van der Waals surface area contributed by atoms with Crippen LogP contribution in [0.5, 0.6) is 5.75 Å². The summed E-state index contributed by atoms with van der Waals surface area (Å²) in [7, 11) is -3.91. The highest BCUT2D eigenvalue weighted by molar-refractivity contribution is 7.51. The summed E-state index contributed by atoms with van der Waals surface area (Å²) in [6, 6.07) is 4.10. The molecule has 0 bridgehead atoms. The lowest BCUT2D eigenvalue weighted by molar-refractivity contribution is 0.245. The Bertz CT molecular complexity index is 844. The molecule has 3 rings (SSSR count). The second kappa shape index (κ2) is 8.13. The van der Waals surface area contributed by atoms with Crippen molar-refractivity contribution in [3.05, 3.63) is 24.0 Å². The molecule has 0 spiro atoms. The van der Waals surface area contributed by atoms with E-state index in [-0.39, 0.29) is 12.3 Å². The van der Waals surface area contributed by atoms with E-state index >= 15 is 0 Å². The van der Waals surface area contributed by atoms with Crippen LogP contribution in [-0.2, 0) is 4.57 Å². The largest absolute Gasteiger partial charge is 0.489 e. The van der Waals surface area contributed by atoms with Crippen LogP contribution in [-0.4, -0.2) is 45.1 Å². The van der Waals surface area contributed by atoms with Crippen LogP contribution in [0.4, 0.5) is 5.82 Å². The zero-order chi connectivity index (χ0) is 19.6. The molecule has 0 aliphatic carbocycles. The molecule has 2 aromatic rings. The molecule has 0 atom stereocenters. The smallest absolute Gasteiger partial charge is 0.325 e. The molecule has 1 fully saturated rings. The van der Waals surface area contributed by atoms with Gasteiger partial charge < -0.3 is 19.4 Å². The molecule has 148 valence electrons. The maximum absolute atomic E-state index is 11.1. The van der Waals surface area contributed by atoms with Crippen LogP contribution >= 0.6 is 7.60 Å². The minimum Gasteiger partial charge on any atom is -0.489 e. The summed E-state index contributed by atoms with van der Waals surface area (Å²) in [6.45, 7) is 7.69. The van der Waals surface area contributed by atoms with Crippen molar-refractivity contribution in [3.8, 4) is 5.75 Å². The number of anilines is 1. The Morgan fingerprint density at radius 3 is 2.59 bits per heavy atom. The van der Waals surface area contributed by atoms with Gasteiger partial charge in [-0.05, 0) is 63.6 Å². The average Bonchev–Trinajstić information content (AvgIpc) is 2.59. The Kier molecular flexibility index (Phi) is 6.04. The quantitative estimate of drug-likeness (QED) is 0.725. The SMILES string of the molecule is Cc1cc(OC(C)C)c2ncnc(N3CCC(CCP(=O)(O)O)CC3)c2c1. The number of nitrogens with zero attached hydrogens (tertiary/aromatic N) is 3. The molecule has 1 aromatic carbocycles. The first kappa shape index (κ1) is 20.1. The van der Waals surface area contributed by atoms with Crippen LogP contribution in [0.25, 0.3) is 10.9 Å². The van der Waals surface area contributed by atoms with Crippen molar-refractivity contribution in [2.75, 3.05) is 24.2 Å². The first-order valence-electron chi connectivity index (χ1n) is 9.44. The molecular formula is C19H28N3O4P. The van der Waals surface area contributed by atoms with E-state index in [1.165, 1.54) is 0 Å². The third kappa shape index (κ3) is 5.18. The van der Waals surface area contributed by atoms with Gasteiger partial charge in [0.1, 0.15) is 23.4 Å². The van der Waals surface area contributed by atoms with Gasteiger partial charge in [0.25, 0.3) is 0 Å². The number of fused-ring (bicyclic) bond motifs is 1. The third-order valence-corrected chi connectivity index (χ3v) is 5.77. The Balaban J connectivity index is 1.80. The van der Waals surface area contributed by atoms with E-state index in [1.807, 2.05) is 26.8 Å². The maximum Gasteiger partial charge on any atom is 0.325 e. The molecular weight excluding hydrogens is 365 g/mol. The van der Waals surface area contributed by atoms with Gasteiger partial charge in [0.05, 0.1) is 12.3 Å². The van der Waals surface area contributed by atoms with Gasteiger partial charge in [0.2, 0.25) is 0 Å². The number of hydrogen-bond acceptors (Lipinski definition) is 5. The fraction of sp³-hybridized carbons (Fsp3) is 0.579. The predicted octanol–water partition coefficient (Wildman–Crippen LogP) is 3.51. The fourth-order valence-corrected chi connectivity index (χ4v) is 4.34. The van der Waals surface area contributed by atoms with Crippen LogP contribution in [0.3, 0.4) is 0 Å². The van der Waals surface area contributed by atoms with Crippen molar-refractivity contribution in [1.29, 1.82) is 0 Å². The third-order valence-electron chi connectivity index (χ3n) is 4.93. The molecule has 1 aliphatic heterocycles. The predicted molar refractivity (Wildman–Crippen MR) is 107 cm³/mol. The highest BCUT2D eigenvalue weighted by atomic mass is 31.2. The van der Waals surface area contributed by atoms with Crippen LogP contribution < -0.4 is 9.64 Å². The van der Waals surface area contributed by atoms with Crippen LogP contribution in [0, 0.1) is 12.8 Å². The van der Waals surface area contributed by atoms with Crippen molar-refractivity contribution in [3.63, 3.8) is 0 Å². The maximum atomic E-state index is 11.1. The number of aromatic nitrogens is 2. The van der Waals surface area contributed by atoms with Gasteiger partial charge in [0, 0.05) is 18.5 Å². The monoisotopic (exact) mass is 393 g/mol. The van der Waals surface area contributed by atoms with E-state index in [9.17, 15) is 4.57 Å². The highest BCUT2D eigenvalue weighted by Gasteiger charge is 2.24. The van der Waals surface area contributed by atoms with Crippen LogP contribution in [0.15, 0.2) is 18.5 Å². The first-order valence-corrected chi connectivity index (χ1v) is 11.2. The zero-order valence-electron chi connectivity index (χ0n) is 16.1. The van der Waals surface area contributed by atoms with E-state index in [0.717, 1.165) is 54.0 Å². The summed E-state index contributed by atoms with van der Waals surface area (Å²) in [6.07, 6.45) is 4.02. The molecule has 2 N–H and O–H groups in total. The lowest BCUT2D eigenvalue weighted by Crippen LogP contribution is -2.34. The van der Waals surface area contributed by atoms with Gasteiger partial charge in [-0.1, -0.05) is 0 Å². The lowest BCUT2D eigenvalue weighted by Gasteiger charge is -2.33. The van der Waals surface area contributed by atoms with E-state index in [4.69, 9.17) is 14.5 Å². The molecule has 8 heteroatoms.